The fourth-order valence-electron chi connectivity index (χ4n) is 2.80. The van der Waals surface area contributed by atoms with E-state index >= 15 is 0 Å². The summed E-state index contributed by atoms with van der Waals surface area (Å²) in [6.45, 7) is 6.39. The first-order chi connectivity index (χ1) is 13.6. The molecule has 0 radical (unpaired) electrons. The number of nitroso groups, excluding NO2 is 1. The number of aliphatic hydroxyl groups excluding tert-OH is 1. The van der Waals surface area contributed by atoms with Gasteiger partial charge in [0.15, 0.2) is 0 Å². The summed E-state index contributed by atoms with van der Waals surface area (Å²) in [6.07, 6.45) is 0.854. The highest BCUT2D eigenvalue weighted by atomic mass is 19.1. The number of nitrogens with zero attached hydrogens (tertiary/aromatic N) is 1. The fraction of sp³-hybridized carbons (Fsp3) is 0.579. The molecule has 1 amide bonds. The minimum Gasteiger partial charge on any atom is -0.465 e. The maximum atomic E-state index is 14.1. The molecule has 3 N–H and O–H groups in total. The lowest BCUT2D eigenvalue weighted by Gasteiger charge is -2.34. The summed E-state index contributed by atoms with van der Waals surface area (Å²) < 4.78 is 24.0. The van der Waals surface area contributed by atoms with E-state index in [0.29, 0.717) is 25.9 Å². The van der Waals surface area contributed by atoms with Crippen molar-refractivity contribution in [3.05, 3.63) is 28.4 Å². The molecule has 162 valence electrons. The van der Waals surface area contributed by atoms with Gasteiger partial charge in [0.1, 0.15) is 22.7 Å². The van der Waals surface area contributed by atoms with Crippen LogP contribution in [-0.4, -0.2) is 61.0 Å². The van der Waals surface area contributed by atoms with Gasteiger partial charge in [-0.3, -0.25) is 0 Å². The lowest BCUT2D eigenvalue weighted by molar-refractivity contribution is -0.378. The molecular formula is C19H29FN3O6+. The lowest BCUT2D eigenvalue weighted by Crippen LogP contribution is -2.56. The molecule has 1 fully saturated rings. The van der Waals surface area contributed by atoms with Crippen LogP contribution in [0.15, 0.2) is 12.1 Å². The molecule has 0 aromatic heterocycles. The third-order valence-corrected chi connectivity index (χ3v) is 4.13. The summed E-state index contributed by atoms with van der Waals surface area (Å²) in [5.41, 5.74) is -0.571. The summed E-state index contributed by atoms with van der Waals surface area (Å²) in [5.74, 6) is -1.64. The molecule has 0 bridgehead atoms. The van der Waals surface area contributed by atoms with E-state index < -0.39 is 17.4 Å². The number of nitrogens with one attached hydrogen (secondary N) is 2. The van der Waals surface area contributed by atoms with Gasteiger partial charge in [0.05, 0.1) is 7.11 Å². The Balaban J connectivity index is 0.00000204. The largest absolute Gasteiger partial charge is 0.465 e. The molecule has 1 aromatic carbocycles. The van der Waals surface area contributed by atoms with E-state index in [1.54, 1.807) is 10.1 Å². The van der Waals surface area contributed by atoms with E-state index in [-0.39, 0.29) is 29.1 Å². The minimum absolute atomic E-state index is 0.0476. The monoisotopic (exact) mass is 414 g/mol. The summed E-state index contributed by atoms with van der Waals surface area (Å²) in [4.78, 5) is 36.5. The highest BCUT2D eigenvalue weighted by Gasteiger charge is 2.28. The Kier molecular flexibility index (Phi) is 8.96. The summed E-state index contributed by atoms with van der Waals surface area (Å²) in [7, 11) is 2.14. The molecule has 1 aliphatic heterocycles. The molecule has 0 spiro atoms. The molecule has 0 aliphatic carbocycles. The molecule has 1 aromatic rings. The third-order valence-electron chi connectivity index (χ3n) is 4.13. The predicted molar refractivity (Wildman–Crippen MR) is 104 cm³/mol. The molecular weight excluding hydrogens is 385 g/mol. The molecule has 0 unspecified atom stereocenters. The standard InChI is InChI=1S/C18H24FN3O5.CH4O/c1-18(2,3)27-17(24)22-7-5-11(6-8-22)20-14-10-13(19)12(16(23)26-4)9-15(14)21-25;1-2/h9-11,20H,5-8H2,1-4H3;2H,1H3/p+1. The number of anilines is 1. The molecule has 1 saturated heterocycles. The van der Waals surface area contributed by atoms with Crippen LogP contribution in [0.4, 0.5) is 20.6 Å². The van der Waals surface area contributed by atoms with Gasteiger partial charge >= 0.3 is 12.1 Å². The van der Waals surface area contributed by atoms with Crippen LogP contribution in [0.5, 0.6) is 0 Å². The Labute approximate surface area is 169 Å². The van der Waals surface area contributed by atoms with Crippen LogP contribution in [0.3, 0.4) is 0 Å². The van der Waals surface area contributed by atoms with E-state index in [9.17, 15) is 18.9 Å². The second kappa shape index (κ2) is 10.7. The van der Waals surface area contributed by atoms with E-state index in [1.807, 2.05) is 20.8 Å². The Morgan fingerprint density at radius 2 is 1.83 bits per heavy atom. The number of hydrogen-bond donors (Lipinski definition) is 3. The molecule has 9 nitrogen and oxygen atoms in total. The van der Waals surface area contributed by atoms with Crippen LogP contribution in [0.2, 0.25) is 0 Å². The van der Waals surface area contributed by atoms with Crippen molar-refractivity contribution in [3.63, 3.8) is 0 Å². The van der Waals surface area contributed by atoms with Gasteiger partial charge in [-0.25, -0.2) is 14.0 Å². The lowest BCUT2D eigenvalue weighted by atomic mass is 10.0. The summed E-state index contributed by atoms with van der Waals surface area (Å²) in [5, 5.41) is 11.8. The number of rotatable bonds is 4. The van der Waals surface area contributed by atoms with Crippen molar-refractivity contribution in [3.8, 4) is 0 Å². The van der Waals surface area contributed by atoms with Crippen LogP contribution in [-0.2, 0) is 9.47 Å². The number of amides is 1. The number of esters is 1. The van der Waals surface area contributed by atoms with Gasteiger partial charge in [0.2, 0.25) is 0 Å². The molecule has 10 heteroatoms. The zero-order chi connectivity index (χ0) is 22.2. The molecule has 1 aliphatic rings. The highest BCUT2D eigenvalue weighted by Crippen LogP contribution is 2.26. The first kappa shape index (κ1) is 24.3. The smallest absolute Gasteiger partial charge is 0.410 e. The number of benzene rings is 1. The number of carbonyl (C=O) groups excluding carboxylic acids is 2. The van der Waals surface area contributed by atoms with Gasteiger partial charge in [0, 0.05) is 48.5 Å². The van der Waals surface area contributed by atoms with Crippen LogP contribution >= 0.6 is 0 Å². The van der Waals surface area contributed by atoms with Gasteiger partial charge in [-0.15, -0.1) is 0 Å². The van der Waals surface area contributed by atoms with Crippen molar-refractivity contribution in [1.82, 2.24) is 4.90 Å². The highest BCUT2D eigenvalue weighted by molar-refractivity contribution is 5.91. The zero-order valence-corrected chi connectivity index (χ0v) is 17.4. The first-order valence-electron chi connectivity index (χ1n) is 9.14. The second-order valence-electron chi connectivity index (χ2n) is 7.36. The summed E-state index contributed by atoms with van der Waals surface area (Å²) >= 11 is 0. The number of ether oxygens (including phenoxy) is 2. The number of hydrogen-bond acceptors (Lipinski definition) is 7. The third kappa shape index (κ3) is 6.97. The van der Waals surface area contributed by atoms with E-state index in [1.165, 1.54) is 0 Å². The second-order valence-corrected chi connectivity index (χ2v) is 7.36. The topological polar surface area (TPSA) is 119 Å². The Morgan fingerprint density at radius 3 is 2.31 bits per heavy atom. The zero-order valence-electron chi connectivity index (χ0n) is 17.4. The SMILES string of the molecule is CO.COC(=O)c1cc([NH+]=O)c(NC2CCN(C(=O)OC(C)(C)C)CC2)cc1F. The van der Waals surface area contributed by atoms with Crippen LogP contribution < -0.4 is 10.5 Å². The van der Waals surface area contributed by atoms with Gasteiger partial charge in [0.25, 0.3) is 5.69 Å². The summed E-state index contributed by atoms with van der Waals surface area (Å²) in [6, 6.07) is 2.15. The van der Waals surface area contributed by atoms with E-state index in [0.717, 1.165) is 26.4 Å². The number of piperidine rings is 1. The van der Waals surface area contributed by atoms with Crippen molar-refractivity contribution in [1.29, 1.82) is 0 Å². The Morgan fingerprint density at radius 1 is 1.24 bits per heavy atom. The van der Waals surface area contributed by atoms with Crippen molar-refractivity contribution < 1.29 is 33.7 Å². The normalized spacial score (nSPS) is 14.4. The van der Waals surface area contributed by atoms with Crippen LogP contribution in [0.25, 0.3) is 0 Å². The van der Waals surface area contributed by atoms with E-state index in [4.69, 9.17) is 9.84 Å². The van der Waals surface area contributed by atoms with Gasteiger partial charge in [-0.05, 0) is 33.6 Å². The Hall–Kier alpha value is -2.75. The average molecular weight is 414 g/mol. The van der Waals surface area contributed by atoms with Gasteiger partial charge in [-0.1, -0.05) is 0 Å². The number of methoxy groups -OCH3 is 1. The number of likely N-dealkylation sites (tertiary alicyclic amines) is 1. The fourth-order valence-corrected chi connectivity index (χ4v) is 2.80. The van der Waals surface area contributed by atoms with Crippen molar-refractivity contribution in [2.75, 3.05) is 32.6 Å². The van der Waals surface area contributed by atoms with Gasteiger partial charge in [-0.2, -0.15) is 0 Å². The molecule has 1 heterocycles. The Bertz CT molecular complexity index is 727. The molecule has 0 saturated carbocycles. The quantitative estimate of drug-likeness (QED) is 0.639. The van der Waals surface area contributed by atoms with Crippen molar-refractivity contribution in [2.45, 2.75) is 45.3 Å². The van der Waals surface area contributed by atoms with Crippen LogP contribution in [0.1, 0.15) is 44.0 Å². The average Bonchev–Trinajstić information content (AvgIpc) is 2.68. The number of halogens is 1. The first-order valence-corrected chi connectivity index (χ1v) is 9.14. The molecule has 2 rings (SSSR count). The van der Waals surface area contributed by atoms with Gasteiger partial charge < -0.3 is 24.8 Å². The van der Waals surface area contributed by atoms with Crippen molar-refractivity contribution in [2.24, 2.45) is 0 Å². The number of carbonyl (C=O) groups is 2. The maximum Gasteiger partial charge on any atom is 0.410 e. The molecule has 29 heavy (non-hydrogen) atoms. The minimum atomic E-state index is -0.860. The van der Waals surface area contributed by atoms with Crippen LogP contribution in [0, 0.1) is 10.7 Å². The number of aliphatic hydroxyl groups is 1. The maximum absolute atomic E-state index is 14.1. The van der Waals surface area contributed by atoms with Crippen molar-refractivity contribution >= 4 is 23.4 Å². The molecule has 0 atom stereocenters. The predicted octanol–water partition coefficient (Wildman–Crippen LogP) is 1.51. The van der Waals surface area contributed by atoms with E-state index in [2.05, 4.69) is 10.1 Å².